The van der Waals surface area contributed by atoms with E-state index in [1.165, 1.54) is 18.4 Å². The Balaban J connectivity index is 1.68. The summed E-state index contributed by atoms with van der Waals surface area (Å²) in [6.07, 6.45) is 6.29. The normalized spacial score (nSPS) is 29.1. The first-order valence-electron chi connectivity index (χ1n) is 8.23. The van der Waals surface area contributed by atoms with Crippen LogP contribution in [0.25, 0.3) is 0 Å². The van der Waals surface area contributed by atoms with E-state index in [4.69, 9.17) is 4.74 Å². The Bertz CT molecular complexity index is 473. The van der Waals surface area contributed by atoms with Gasteiger partial charge in [-0.3, -0.25) is 10.1 Å². The van der Waals surface area contributed by atoms with Crippen LogP contribution in [0.2, 0.25) is 0 Å². The molecule has 2 aliphatic carbocycles. The zero-order valence-corrected chi connectivity index (χ0v) is 12.8. The highest BCUT2D eigenvalue weighted by Crippen LogP contribution is 2.40. The average Bonchev–Trinajstić information content (AvgIpc) is 3.33. The van der Waals surface area contributed by atoms with E-state index in [0.717, 1.165) is 25.7 Å². The Morgan fingerprint density at radius 3 is 2.43 bits per heavy atom. The smallest absolute Gasteiger partial charge is 0.326 e. The topological polar surface area (TPSA) is 38.3 Å². The molecule has 0 atom stereocenters. The molecule has 0 saturated heterocycles. The van der Waals surface area contributed by atoms with Crippen molar-refractivity contribution >= 4 is 5.97 Å². The van der Waals surface area contributed by atoms with Crippen molar-refractivity contribution in [3.63, 3.8) is 0 Å². The maximum Gasteiger partial charge on any atom is 0.326 e. The van der Waals surface area contributed by atoms with Crippen LogP contribution in [0.1, 0.15) is 56.9 Å². The average molecular weight is 287 g/mol. The monoisotopic (exact) mass is 287 g/mol. The fourth-order valence-corrected chi connectivity index (χ4v) is 3.46. The summed E-state index contributed by atoms with van der Waals surface area (Å²) in [5, 5.41) is 3.59. The molecule has 1 aromatic carbocycles. The maximum atomic E-state index is 12.4. The highest BCUT2D eigenvalue weighted by atomic mass is 16.5. The van der Waals surface area contributed by atoms with Gasteiger partial charge >= 0.3 is 5.97 Å². The SMILES string of the molecule is CCOC(=O)C1(NC2CC2)CCC(c2ccccc2)CC1. The molecule has 0 heterocycles. The Labute approximate surface area is 127 Å². The van der Waals surface area contributed by atoms with Gasteiger partial charge in [-0.05, 0) is 56.9 Å². The van der Waals surface area contributed by atoms with Crippen LogP contribution in [0, 0.1) is 0 Å². The van der Waals surface area contributed by atoms with E-state index in [1.807, 2.05) is 6.92 Å². The number of benzene rings is 1. The second-order valence-corrected chi connectivity index (χ2v) is 6.41. The molecular formula is C18H25NO2. The number of carbonyl (C=O) groups is 1. The third-order valence-corrected chi connectivity index (χ3v) is 4.83. The molecule has 1 aromatic rings. The van der Waals surface area contributed by atoms with Crippen molar-refractivity contribution in [1.29, 1.82) is 0 Å². The highest BCUT2D eigenvalue weighted by Gasteiger charge is 2.46. The molecule has 3 heteroatoms. The maximum absolute atomic E-state index is 12.4. The standard InChI is InChI=1S/C18H25NO2/c1-2-21-17(20)18(19-16-8-9-16)12-10-15(11-13-18)14-6-4-3-5-7-14/h3-7,15-16,19H,2,8-13H2,1H3. The molecule has 2 aliphatic rings. The summed E-state index contributed by atoms with van der Waals surface area (Å²) in [6, 6.07) is 11.2. The van der Waals surface area contributed by atoms with Gasteiger partial charge in [0.25, 0.3) is 0 Å². The van der Waals surface area contributed by atoms with Gasteiger partial charge in [0.2, 0.25) is 0 Å². The zero-order chi connectivity index (χ0) is 14.7. The first-order chi connectivity index (χ1) is 10.2. The molecule has 3 nitrogen and oxygen atoms in total. The molecule has 0 amide bonds. The molecular weight excluding hydrogens is 262 g/mol. The lowest BCUT2D eigenvalue weighted by molar-refractivity contribution is -0.153. The van der Waals surface area contributed by atoms with E-state index in [-0.39, 0.29) is 5.97 Å². The quantitative estimate of drug-likeness (QED) is 0.844. The Morgan fingerprint density at radius 2 is 1.86 bits per heavy atom. The van der Waals surface area contributed by atoms with Gasteiger partial charge in [0, 0.05) is 6.04 Å². The molecule has 1 N–H and O–H groups in total. The minimum absolute atomic E-state index is 0.0385. The molecule has 0 unspecified atom stereocenters. The van der Waals surface area contributed by atoms with Gasteiger partial charge in [0.05, 0.1) is 6.61 Å². The Hall–Kier alpha value is -1.35. The lowest BCUT2D eigenvalue weighted by Gasteiger charge is -2.39. The molecule has 21 heavy (non-hydrogen) atoms. The predicted molar refractivity (Wildman–Crippen MR) is 83.2 cm³/mol. The van der Waals surface area contributed by atoms with Crippen LogP contribution >= 0.6 is 0 Å². The summed E-state index contributed by atoms with van der Waals surface area (Å²) in [4.78, 5) is 12.4. The number of carbonyl (C=O) groups excluding carboxylic acids is 1. The van der Waals surface area contributed by atoms with E-state index in [1.54, 1.807) is 0 Å². The van der Waals surface area contributed by atoms with Crippen LogP contribution in [0.15, 0.2) is 30.3 Å². The van der Waals surface area contributed by atoms with E-state index >= 15 is 0 Å². The first kappa shape index (κ1) is 14.6. The van der Waals surface area contributed by atoms with Gasteiger partial charge in [0.15, 0.2) is 0 Å². The molecule has 2 saturated carbocycles. The van der Waals surface area contributed by atoms with Crippen molar-refractivity contribution in [3.8, 4) is 0 Å². The van der Waals surface area contributed by atoms with E-state index in [0.29, 0.717) is 18.6 Å². The van der Waals surface area contributed by atoms with Crippen molar-refractivity contribution in [2.24, 2.45) is 0 Å². The third-order valence-electron chi connectivity index (χ3n) is 4.83. The van der Waals surface area contributed by atoms with Crippen molar-refractivity contribution in [1.82, 2.24) is 5.32 Å². The molecule has 114 valence electrons. The van der Waals surface area contributed by atoms with E-state index in [2.05, 4.69) is 35.6 Å². The fourth-order valence-electron chi connectivity index (χ4n) is 3.46. The summed E-state index contributed by atoms with van der Waals surface area (Å²) in [6.45, 7) is 2.35. The van der Waals surface area contributed by atoms with Crippen LogP contribution in [-0.2, 0) is 9.53 Å². The largest absolute Gasteiger partial charge is 0.465 e. The molecule has 0 aliphatic heterocycles. The van der Waals surface area contributed by atoms with Crippen LogP contribution in [0.3, 0.4) is 0 Å². The number of rotatable bonds is 5. The van der Waals surface area contributed by atoms with Crippen LogP contribution in [0.4, 0.5) is 0 Å². The molecule has 2 fully saturated rings. The van der Waals surface area contributed by atoms with Gasteiger partial charge in [-0.1, -0.05) is 30.3 Å². The molecule has 0 bridgehead atoms. The second kappa shape index (κ2) is 6.18. The summed E-state index contributed by atoms with van der Waals surface area (Å²) in [5.74, 6) is 0.540. The first-order valence-corrected chi connectivity index (χ1v) is 8.23. The third kappa shape index (κ3) is 3.29. The van der Waals surface area contributed by atoms with Crippen molar-refractivity contribution in [2.45, 2.75) is 62.9 Å². The summed E-state index contributed by atoms with van der Waals surface area (Å²) in [5.41, 5.74) is 0.976. The number of hydrogen-bond acceptors (Lipinski definition) is 3. The lowest BCUT2D eigenvalue weighted by Crippen LogP contribution is -2.55. The molecule has 0 spiro atoms. The van der Waals surface area contributed by atoms with Gasteiger partial charge in [-0.2, -0.15) is 0 Å². The number of esters is 1. The minimum Gasteiger partial charge on any atom is -0.465 e. The van der Waals surface area contributed by atoms with Gasteiger partial charge in [0.1, 0.15) is 5.54 Å². The summed E-state index contributed by atoms with van der Waals surface area (Å²) in [7, 11) is 0. The second-order valence-electron chi connectivity index (χ2n) is 6.41. The van der Waals surface area contributed by atoms with Crippen LogP contribution in [0.5, 0.6) is 0 Å². The van der Waals surface area contributed by atoms with Gasteiger partial charge in [-0.25, -0.2) is 0 Å². The number of ether oxygens (including phenoxy) is 1. The van der Waals surface area contributed by atoms with Crippen molar-refractivity contribution < 1.29 is 9.53 Å². The van der Waals surface area contributed by atoms with E-state index in [9.17, 15) is 4.79 Å². The van der Waals surface area contributed by atoms with Gasteiger partial charge in [-0.15, -0.1) is 0 Å². The highest BCUT2D eigenvalue weighted by molar-refractivity contribution is 5.81. The molecule has 3 rings (SSSR count). The minimum atomic E-state index is -0.428. The molecule has 0 aromatic heterocycles. The molecule has 0 radical (unpaired) electrons. The Morgan fingerprint density at radius 1 is 1.19 bits per heavy atom. The Kier molecular flexibility index (Phi) is 4.29. The van der Waals surface area contributed by atoms with Gasteiger partial charge < -0.3 is 4.74 Å². The lowest BCUT2D eigenvalue weighted by atomic mass is 9.74. The number of nitrogens with one attached hydrogen (secondary N) is 1. The fraction of sp³-hybridized carbons (Fsp3) is 0.611. The van der Waals surface area contributed by atoms with Crippen LogP contribution in [-0.4, -0.2) is 24.2 Å². The van der Waals surface area contributed by atoms with Crippen LogP contribution < -0.4 is 5.32 Å². The summed E-state index contributed by atoms with van der Waals surface area (Å²) < 4.78 is 5.35. The number of hydrogen-bond donors (Lipinski definition) is 1. The zero-order valence-electron chi connectivity index (χ0n) is 12.8. The van der Waals surface area contributed by atoms with E-state index < -0.39 is 5.54 Å². The van der Waals surface area contributed by atoms with Crippen molar-refractivity contribution in [2.75, 3.05) is 6.61 Å². The van der Waals surface area contributed by atoms with Crippen molar-refractivity contribution in [3.05, 3.63) is 35.9 Å². The summed E-state index contributed by atoms with van der Waals surface area (Å²) >= 11 is 0. The predicted octanol–water partition coefficient (Wildman–Crippen LogP) is 3.40.